The SMILES string of the molecule is C=C(C)/C=c1/[nH]c(=O)[nH]c1=C. The van der Waals surface area contributed by atoms with Crippen LogP contribution in [0.2, 0.25) is 0 Å². The van der Waals surface area contributed by atoms with Crippen molar-refractivity contribution in [2.24, 2.45) is 0 Å². The van der Waals surface area contributed by atoms with E-state index in [9.17, 15) is 4.79 Å². The first-order chi connectivity index (χ1) is 5.09. The van der Waals surface area contributed by atoms with Gasteiger partial charge >= 0.3 is 5.69 Å². The third-order valence-electron chi connectivity index (χ3n) is 1.23. The van der Waals surface area contributed by atoms with Crippen LogP contribution in [0.4, 0.5) is 0 Å². The van der Waals surface area contributed by atoms with Gasteiger partial charge in [0, 0.05) is 0 Å². The van der Waals surface area contributed by atoms with Crippen molar-refractivity contribution in [3.8, 4) is 0 Å². The fraction of sp³-hybridized carbons (Fsp3) is 0.125. The average Bonchev–Trinajstić information content (AvgIpc) is 2.09. The molecule has 11 heavy (non-hydrogen) atoms. The Morgan fingerprint density at radius 1 is 1.55 bits per heavy atom. The summed E-state index contributed by atoms with van der Waals surface area (Å²) in [5, 5.41) is 1.29. The molecule has 3 heteroatoms. The van der Waals surface area contributed by atoms with Crippen LogP contribution in [0.15, 0.2) is 16.9 Å². The Labute approximate surface area is 63.8 Å². The zero-order valence-electron chi connectivity index (χ0n) is 6.40. The number of hydrogen-bond acceptors (Lipinski definition) is 1. The third-order valence-corrected chi connectivity index (χ3v) is 1.23. The summed E-state index contributed by atoms with van der Waals surface area (Å²) in [6, 6.07) is 0. The van der Waals surface area contributed by atoms with Crippen LogP contribution < -0.4 is 16.4 Å². The lowest BCUT2D eigenvalue weighted by atomic mass is 10.3. The largest absolute Gasteiger partial charge is 0.323 e. The molecule has 0 radical (unpaired) electrons. The zero-order chi connectivity index (χ0) is 8.43. The van der Waals surface area contributed by atoms with Crippen LogP contribution >= 0.6 is 0 Å². The molecule has 0 saturated heterocycles. The van der Waals surface area contributed by atoms with E-state index in [4.69, 9.17) is 0 Å². The number of allylic oxidation sites excluding steroid dienone is 1. The number of imidazole rings is 1. The molecule has 1 heterocycles. The van der Waals surface area contributed by atoms with Gasteiger partial charge in [0.15, 0.2) is 0 Å². The molecule has 0 fully saturated rings. The fourth-order valence-corrected chi connectivity index (χ4v) is 0.803. The Morgan fingerprint density at radius 3 is 2.55 bits per heavy atom. The van der Waals surface area contributed by atoms with Crippen molar-refractivity contribution in [2.75, 3.05) is 0 Å². The van der Waals surface area contributed by atoms with Crippen molar-refractivity contribution in [1.29, 1.82) is 0 Å². The highest BCUT2D eigenvalue weighted by atomic mass is 16.1. The molecule has 0 aliphatic carbocycles. The molecule has 0 aliphatic heterocycles. The first kappa shape index (κ1) is 7.60. The summed E-state index contributed by atoms with van der Waals surface area (Å²) >= 11 is 0. The molecule has 1 rings (SSSR count). The summed E-state index contributed by atoms with van der Waals surface area (Å²) in [5.74, 6) is 0. The summed E-state index contributed by atoms with van der Waals surface area (Å²) in [6.07, 6.45) is 1.76. The molecule has 0 bridgehead atoms. The highest BCUT2D eigenvalue weighted by molar-refractivity contribution is 5.41. The van der Waals surface area contributed by atoms with Crippen molar-refractivity contribution < 1.29 is 0 Å². The van der Waals surface area contributed by atoms with Crippen LogP contribution in [0.3, 0.4) is 0 Å². The molecule has 0 atom stereocenters. The number of aromatic amines is 2. The van der Waals surface area contributed by atoms with Crippen molar-refractivity contribution in [2.45, 2.75) is 6.92 Å². The van der Waals surface area contributed by atoms with E-state index in [1.54, 1.807) is 6.08 Å². The maximum atomic E-state index is 10.7. The predicted molar refractivity (Wildman–Crippen MR) is 45.5 cm³/mol. The number of H-pyrrole nitrogens is 2. The molecule has 3 nitrogen and oxygen atoms in total. The van der Waals surface area contributed by atoms with E-state index in [0.29, 0.717) is 10.7 Å². The van der Waals surface area contributed by atoms with Gasteiger partial charge in [-0.1, -0.05) is 18.7 Å². The number of hydrogen-bond donors (Lipinski definition) is 2. The summed E-state index contributed by atoms with van der Waals surface area (Å²) < 4.78 is 0. The minimum Gasteiger partial charge on any atom is -0.306 e. The van der Waals surface area contributed by atoms with Crippen LogP contribution in [0.5, 0.6) is 0 Å². The van der Waals surface area contributed by atoms with Gasteiger partial charge in [-0.15, -0.1) is 0 Å². The first-order valence-corrected chi connectivity index (χ1v) is 3.24. The van der Waals surface area contributed by atoms with Crippen LogP contribution in [-0.2, 0) is 0 Å². The Bertz CT molecular complexity index is 422. The monoisotopic (exact) mass is 150 g/mol. The Hall–Kier alpha value is -1.51. The van der Waals surface area contributed by atoms with Gasteiger partial charge in [0.25, 0.3) is 0 Å². The lowest BCUT2D eigenvalue weighted by Crippen LogP contribution is -2.22. The summed E-state index contributed by atoms with van der Waals surface area (Å²) in [5.41, 5.74) is 0.646. The highest BCUT2D eigenvalue weighted by Gasteiger charge is 1.86. The average molecular weight is 150 g/mol. The second-order valence-electron chi connectivity index (χ2n) is 2.46. The fourth-order valence-electron chi connectivity index (χ4n) is 0.803. The molecule has 58 valence electrons. The standard InChI is InChI=1S/C8H10N2O/c1-5(2)4-7-6(3)9-8(11)10-7/h4H,1,3H2,2H3,(H2,9,10,11)/b7-4+. The lowest BCUT2D eigenvalue weighted by molar-refractivity contribution is 1.17. The molecule has 0 amide bonds. The molecule has 0 unspecified atom stereocenters. The van der Waals surface area contributed by atoms with E-state index in [0.717, 1.165) is 5.57 Å². The van der Waals surface area contributed by atoms with Gasteiger partial charge in [0.2, 0.25) is 0 Å². The normalized spacial score (nSPS) is 11.9. The molecule has 1 aromatic rings. The number of rotatable bonds is 1. The minimum atomic E-state index is -0.234. The van der Waals surface area contributed by atoms with Gasteiger partial charge in [-0.2, -0.15) is 0 Å². The van der Waals surface area contributed by atoms with Crippen LogP contribution in [0.1, 0.15) is 6.92 Å². The Kier molecular flexibility index (Phi) is 1.81. The van der Waals surface area contributed by atoms with Crippen molar-refractivity contribution >= 4 is 12.7 Å². The third kappa shape index (κ3) is 1.70. The molecule has 0 aromatic carbocycles. The van der Waals surface area contributed by atoms with Crippen molar-refractivity contribution in [3.63, 3.8) is 0 Å². The molecular formula is C8H10N2O. The van der Waals surface area contributed by atoms with Crippen LogP contribution in [0.25, 0.3) is 12.7 Å². The zero-order valence-corrected chi connectivity index (χ0v) is 6.40. The van der Waals surface area contributed by atoms with Crippen molar-refractivity contribution in [3.05, 3.63) is 33.3 Å². The maximum Gasteiger partial charge on any atom is 0.323 e. The highest BCUT2D eigenvalue weighted by Crippen LogP contribution is 1.83. The van der Waals surface area contributed by atoms with E-state index < -0.39 is 0 Å². The van der Waals surface area contributed by atoms with Gasteiger partial charge in [-0.05, 0) is 13.0 Å². The van der Waals surface area contributed by atoms with Gasteiger partial charge < -0.3 is 9.97 Å². The van der Waals surface area contributed by atoms with E-state index in [1.165, 1.54) is 0 Å². The van der Waals surface area contributed by atoms with E-state index >= 15 is 0 Å². The Morgan fingerprint density at radius 2 is 2.18 bits per heavy atom. The Balaban J connectivity index is 3.47. The van der Waals surface area contributed by atoms with E-state index in [-0.39, 0.29) is 5.69 Å². The minimum absolute atomic E-state index is 0.234. The first-order valence-electron chi connectivity index (χ1n) is 3.24. The summed E-state index contributed by atoms with van der Waals surface area (Å²) in [7, 11) is 0. The summed E-state index contributed by atoms with van der Waals surface area (Å²) in [4.78, 5) is 15.8. The molecule has 2 N–H and O–H groups in total. The number of aromatic nitrogens is 2. The molecular weight excluding hydrogens is 140 g/mol. The molecule has 0 spiro atoms. The van der Waals surface area contributed by atoms with E-state index in [2.05, 4.69) is 23.1 Å². The van der Waals surface area contributed by atoms with Crippen LogP contribution in [-0.4, -0.2) is 9.97 Å². The predicted octanol–water partition coefficient (Wildman–Crippen LogP) is -0.530. The smallest absolute Gasteiger partial charge is 0.306 e. The van der Waals surface area contributed by atoms with Crippen LogP contribution in [0, 0.1) is 0 Å². The van der Waals surface area contributed by atoms with Crippen molar-refractivity contribution in [1.82, 2.24) is 9.97 Å². The van der Waals surface area contributed by atoms with Gasteiger partial charge in [-0.3, -0.25) is 0 Å². The second-order valence-corrected chi connectivity index (χ2v) is 2.46. The quantitative estimate of drug-likeness (QED) is 0.555. The number of nitrogens with one attached hydrogen (secondary N) is 2. The molecule has 0 aliphatic rings. The summed E-state index contributed by atoms with van der Waals surface area (Å²) in [6.45, 7) is 9.17. The van der Waals surface area contributed by atoms with Gasteiger partial charge in [0.1, 0.15) is 0 Å². The topological polar surface area (TPSA) is 48.6 Å². The lowest BCUT2D eigenvalue weighted by Gasteiger charge is -1.80. The van der Waals surface area contributed by atoms with Gasteiger partial charge in [-0.25, -0.2) is 4.79 Å². The molecule has 1 aromatic heterocycles. The maximum absolute atomic E-state index is 10.7. The van der Waals surface area contributed by atoms with Gasteiger partial charge in [0.05, 0.1) is 10.7 Å². The second kappa shape index (κ2) is 2.62. The van der Waals surface area contributed by atoms with E-state index in [1.807, 2.05) is 6.92 Å². The molecule has 0 saturated carbocycles.